The van der Waals surface area contributed by atoms with Crippen LogP contribution in [0.4, 0.5) is 0 Å². The van der Waals surface area contributed by atoms with E-state index in [2.05, 4.69) is 45.5 Å². The lowest BCUT2D eigenvalue weighted by Crippen LogP contribution is -2.49. The number of nitrogens with zero attached hydrogens (tertiary/aromatic N) is 1. The van der Waals surface area contributed by atoms with E-state index < -0.39 is 6.04 Å². The number of hydrogen-bond donors (Lipinski definition) is 1. The number of carbonyl (C=O) groups excluding carboxylic acids is 2. The third-order valence-corrected chi connectivity index (χ3v) is 6.69. The summed E-state index contributed by atoms with van der Waals surface area (Å²) >= 11 is 3.52. The maximum absolute atomic E-state index is 13.8. The molecule has 0 fully saturated rings. The van der Waals surface area contributed by atoms with Crippen molar-refractivity contribution in [3.8, 4) is 0 Å². The molecule has 0 aliphatic carbocycles. The first-order valence-electron chi connectivity index (χ1n) is 11.8. The number of carbonyl (C=O) groups is 2. The molecule has 3 aromatic carbocycles. The van der Waals surface area contributed by atoms with Crippen LogP contribution in [-0.2, 0) is 16.1 Å². The first-order chi connectivity index (χ1) is 16.4. The Balaban J connectivity index is 1.91. The van der Waals surface area contributed by atoms with Crippen molar-refractivity contribution in [2.24, 2.45) is 0 Å². The number of nitrogens with one attached hydrogen (secondary N) is 1. The second kappa shape index (κ2) is 12.5. The molecule has 0 saturated heterocycles. The average Bonchev–Trinajstić information content (AvgIpc) is 2.86. The molecule has 0 unspecified atom stereocenters. The van der Waals surface area contributed by atoms with Gasteiger partial charge < -0.3 is 10.2 Å². The van der Waals surface area contributed by atoms with Gasteiger partial charge in [-0.3, -0.25) is 9.59 Å². The van der Waals surface area contributed by atoms with E-state index >= 15 is 0 Å². The summed E-state index contributed by atoms with van der Waals surface area (Å²) in [6.45, 7) is 6.19. The van der Waals surface area contributed by atoms with Gasteiger partial charge in [0.1, 0.15) is 6.04 Å². The number of amides is 2. The molecule has 5 heteroatoms. The molecular weight excluding hydrogens is 488 g/mol. The summed E-state index contributed by atoms with van der Waals surface area (Å²) in [6, 6.07) is 27.5. The van der Waals surface area contributed by atoms with Crippen molar-refractivity contribution in [1.29, 1.82) is 0 Å². The average molecular weight is 521 g/mol. The number of hydrogen-bond acceptors (Lipinski definition) is 2. The molecule has 0 heterocycles. The Morgan fingerprint density at radius 2 is 1.47 bits per heavy atom. The summed E-state index contributed by atoms with van der Waals surface area (Å²) in [7, 11) is 0. The van der Waals surface area contributed by atoms with Gasteiger partial charge in [0, 0.05) is 29.4 Å². The Morgan fingerprint density at radius 1 is 0.882 bits per heavy atom. The fourth-order valence-corrected chi connectivity index (χ4v) is 4.42. The monoisotopic (exact) mass is 520 g/mol. The lowest BCUT2D eigenvalue weighted by molar-refractivity contribution is -0.141. The van der Waals surface area contributed by atoms with Crippen LogP contribution in [0.1, 0.15) is 56.2 Å². The van der Waals surface area contributed by atoms with E-state index in [-0.39, 0.29) is 30.2 Å². The summed E-state index contributed by atoms with van der Waals surface area (Å²) in [5, 5.41) is 3.04. The maximum Gasteiger partial charge on any atom is 0.242 e. The highest BCUT2D eigenvalue weighted by molar-refractivity contribution is 9.10. The molecule has 0 bridgehead atoms. The van der Waals surface area contributed by atoms with Crippen molar-refractivity contribution in [2.45, 2.75) is 58.2 Å². The predicted octanol–water partition coefficient (Wildman–Crippen LogP) is 6.30. The van der Waals surface area contributed by atoms with Gasteiger partial charge in [-0.25, -0.2) is 0 Å². The van der Waals surface area contributed by atoms with Crippen molar-refractivity contribution in [1.82, 2.24) is 10.2 Å². The lowest BCUT2D eigenvalue weighted by Gasteiger charge is -2.31. The van der Waals surface area contributed by atoms with Crippen LogP contribution in [0.3, 0.4) is 0 Å². The van der Waals surface area contributed by atoms with Crippen LogP contribution < -0.4 is 5.32 Å². The third-order valence-electron chi connectivity index (χ3n) is 6.19. The van der Waals surface area contributed by atoms with E-state index in [1.54, 1.807) is 4.90 Å². The van der Waals surface area contributed by atoms with Crippen LogP contribution in [-0.4, -0.2) is 28.8 Å². The molecule has 3 rings (SSSR count). The highest BCUT2D eigenvalue weighted by atomic mass is 79.9. The zero-order chi connectivity index (χ0) is 24.5. The molecule has 178 valence electrons. The van der Waals surface area contributed by atoms with Crippen molar-refractivity contribution < 1.29 is 9.59 Å². The SMILES string of the molecule is CC[C@H](C)NC(=O)[C@H](C)N(Cc1cccc(Br)c1)C(=O)CC(c1ccccc1)c1ccccc1. The van der Waals surface area contributed by atoms with E-state index in [1.807, 2.05) is 81.4 Å². The molecule has 0 radical (unpaired) electrons. The maximum atomic E-state index is 13.8. The van der Waals surface area contributed by atoms with E-state index in [0.29, 0.717) is 6.54 Å². The van der Waals surface area contributed by atoms with Crippen LogP contribution in [0.25, 0.3) is 0 Å². The fraction of sp³-hybridized carbons (Fsp3) is 0.310. The molecular formula is C29H33BrN2O2. The summed E-state index contributed by atoms with van der Waals surface area (Å²) in [6.07, 6.45) is 1.12. The Bertz CT molecular complexity index is 1030. The first-order valence-corrected chi connectivity index (χ1v) is 12.6. The van der Waals surface area contributed by atoms with E-state index in [4.69, 9.17) is 0 Å². The van der Waals surface area contributed by atoms with Crippen molar-refractivity contribution in [3.63, 3.8) is 0 Å². The van der Waals surface area contributed by atoms with Crippen molar-refractivity contribution in [2.75, 3.05) is 0 Å². The number of benzene rings is 3. The molecule has 0 aliphatic heterocycles. The van der Waals surface area contributed by atoms with E-state index in [0.717, 1.165) is 27.6 Å². The smallest absolute Gasteiger partial charge is 0.242 e. The molecule has 4 nitrogen and oxygen atoms in total. The highest BCUT2D eigenvalue weighted by Crippen LogP contribution is 2.29. The van der Waals surface area contributed by atoms with Crippen molar-refractivity contribution >= 4 is 27.7 Å². The minimum absolute atomic E-state index is 0.0514. The van der Waals surface area contributed by atoms with Crippen LogP contribution in [0.2, 0.25) is 0 Å². The molecule has 2 atom stereocenters. The topological polar surface area (TPSA) is 49.4 Å². The molecule has 0 aromatic heterocycles. The standard InChI is InChI=1S/C29H33BrN2O2/c1-4-21(2)31-29(34)22(3)32(20-23-12-11-17-26(30)18-23)28(33)19-27(24-13-7-5-8-14-24)25-15-9-6-10-16-25/h5-18,21-22,27H,4,19-20H2,1-3H3,(H,31,34)/t21-,22-/m0/s1. The van der Waals surface area contributed by atoms with Gasteiger partial charge in [-0.1, -0.05) is 95.7 Å². The van der Waals surface area contributed by atoms with Crippen LogP contribution in [0, 0.1) is 0 Å². The second-order valence-electron chi connectivity index (χ2n) is 8.72. The Kier molecular flexibility index (Phi) is 9.46. The van der Waals surface area contributed by atoms with E-state index in [1.165, 1.54) is 0 Å². The Hall–Kier alpha value is -2.92. The van der Waals surface area contributed by atoms with Crippen molar-refractivity contribution in [3.05, 3.63) is 106 Å². The summed E-state index contributed by atoms with van der Waals surface area (Å²) in [4.78, 5) is 28.6. The van der Waals surface area contributed by atoms with Crippen LogP contribution >= 0.6 is 15.9 Å². The Morgan fingerprint density at radius 3 is 2.00 bits per heavy atom. The highest BCUT2D eigenvalue weighted by Gasteiger charge is 2.29. The third kappa shape index (κ3) is 7.04. The first kappa shape index (κ1) is 25.7. The minimum atomic E-state index is -0.590. The Labute approximate surface area is 211 Å². The molecule has 0 saturated carbocycles. The fourth-order valence-electron chi connectivity index (χ4n) is 3.97. The molecule has 2 amide bonds. The van der Waals surface area contributed by atoms with Crippen LogP contribution in [0.15, 0.2) is 89.4 Å². The zero-order valence-corrected chi connectivity index (χ0v) is 21.7. The van der Waals surface area contributed by atoms with Gasteiger partial charge >= 0.3 is 0 Å². The summed E-state index contributed by atoms with van der Waals surface area (Å²) < 4.78 is 0.945. The largest absolute Gasteiger partial charge is 0.352 e. The van der Waals surface area contributed by atoms with Gasteiger partial charge in [0.15, 0.2) is 0 Å². The summed E-state index contributed by atoms with van der Waals surface area (Å²) in [5.74, 6) is -0.275. The van der Waals surface area contributed by atoms with Gasteiger partial charge in [0.05, 0.1) is 0 Å². The van der Waals surface area contributed by atoms with Gasteiger partial charge in [-0.05, 0) is 49.1 Å². The second-order valence-corrected chi connectivity index (χ2v) is 9.64. The summed E-state index contributed by atoms with van der Waals surface area (Å²) in [5.41, 5.74) is 3.14. The lowest BCUT2D eigenvalue weighted by atomic mass is 9.88. The van der Waals surface area contributed by atoms with E-state index in [9.17, 15) is 9.59 Å². The van der Waals surface area contributed by atoms with Gasteiger partial charge in [-0.15, -0.1) is 0 Å². The van der Waals surface area contributed by atoms with Gasteiger partial charge in [-0.2, -0.15) is 0 Å². The quantitative estimate of drug-likeness (QED) is 0.340. The number of halogens is 1. The number of rotatable bonds is 10. The molecule has 1 N–H and O–H groups in total. The molecule has 34 heavy (non-hydrogen) atoms. The zero-order valence-electron chi connectivity index (χ0n) is 20.1. The molecule has 0 spiro atoms. The van der Waals surface area contributed by atoms with Gasteiger partial charge in [0.2, 0.25) is 11.8 Å². The van der Waals surface area contributed by atoms with Crippen LogP contribution in [0.5, 0.6) is 0 Å². The predicted molar refractivity (Wildman–Crippen MR) is 141 cm³/mol. The minimum Gasteiger partial charge on any atom is -0.352 e. The normalized spacial score (nSPS) is 12.7. The molecule has 3 aromatic rings. The molecule has 0 aliphatic rings. The van der Waals surface area contributed by atoms with Gasteiger partial charge in [0.25, 0.3) is 0 Å².